The predicted octanol–water partition coefficient (Wildman–Crippen LogP) is 19.3. The van der Waals surface area contributed by atoms with E-state index in [0.29, 0.717) is 52.3 Å². The van der Waals surface area contributed by atoms with Crippen LogP contribution < -0.4 is 0 Å². The summed E-state index contributed by atoms with van der Waals surface area (Å²) < 4.78 is 255. The summed E-state index contributed by atoms with van der Waals surface area (Å²) in [7, 11) is -75.3. The molecule has 10 rings (SSSR count). The van der Waals surface area contributed by atoms with Crippen molar-refractivity contribution in [3.05, 3.63) is 158 Å². The molecule has 3 saturated heterocycles. The van der Waals surface area contributed by atoms with Crippen molar-refractivity contribution in [3.8, 4) is 0 Å². The van der Waals surface area contributed by atoms with Crippen LogP contribution in [0.15, 0.2) is 158 Å². The molecule has 149 heavy (non-hydrogen) atoms. The fraction of sp³-hybridized carbons (Fsp3) is 0.675. The summed E-state index contributed by atoms with van der Waals surface area (Å²) in [6.07, 6.45) is 22.0. The Morgan fingerprint density at radius 2 is 0.611 bits per heavy atom. The Kier molecular flexibility index (Phi) is 45.9. The fourth-order valence-electron chi connectivity index (χ4n) is 17.7. The number of hydrogen-bond acceptors (Lipinski definition) is 38. The molecule has 0 spiro atoms. The first kappa shape index (κ1) is 135. The van der Waals surface area contributed by atoms with Gasteiger partial charge in [0.15, 0.2) is 0 Å². The van der Waals surface area contributed by atoms with E-state index in [4.69, 9.17) is 66.2 Å². The van der Waals surface area contributed by atoms with Crippen molar-refractivity contribution in [3.63, 3.8) is 0 Å². The second-order valence-corrected chi connectivity index (χ2v) is 65.1. The SMILES string of the molecule is C=C1C=C(C)C=CN1C1OC(COP(=O)(O)OP(=O)(O)OP(C)(=O)O)C(C)C1(C)C.C=C1C=CN(C2CC(COP(=O)(O)OP(=O)(O)OP(=O)(O)O)C(C)C2(C)C)C(=C)C1.C=C1C=CN(C2CC(COP(=O)(O)OP(=O)(O)OP(C)(=O)O)C(C)C2(C)C)C(=C)C1.C=C1CCC(C)=CN1C1OC(COP(=O)(O)OP(=O)(O)OP(C)(=O)O)C(C)C1(C)C.C=C1CCC=CN1C1OC(COP(=O)(O)OP(=O)(O)OP(C)(=O)O)C(C)C1(C)C. The average Bonchev–Trinajstić information content (AvgIpc) is 1.63. The van der Waals surface area contributed by atoms with Crippen LogP contribution in [0.1, 0.15) is 169 Å². The number of hydrogen-bond donors (Lipinski definition) is 16. The first-order valence-corrected chi connectivity index (χ1v) is 70.0. The van der Waals surface area contributed by atoms with Crippen molar-refractivity contribution in [1.82, 2.24) is 24.5 Å². The summed E-state index contributed by atoms with van der Waals surface area (Å²) in [5.74, 6) is -0.671. The number of phosphoric acid groups is 11. The van der Waals surface area contributed by atoms with Crippen LogP contribution in [0.25, 0.3) is 0 Å². The summed E-state index contributed by atoms with van der Waals surface area (Å²) in [6.45, 7) is 62.9. The van der Waals surface area contributed by atoms with Crippen LogP contribution in [-0.2, 0) is 148 Å². The molecule has 10 aliphatic rings. The summed E-state index contributed by atoms with van der Waals surface area (Å²) in [4.78, 5) is 159. The van der Waals surface area contributed by atoms with Crippen molar-refractivity contribution in [1.29, 1.82) is 0 Å². The van der Waals surface area contributed by atoms with E-state index in [1.54, 1.807) is 0 Å². The number of allylic oxidation sites excluding steroid dienone is 11. The fourth-order valence-corrected chi connectivity index (χ4v) is 34.8. The molecule has 0 aromatic heterocycles. The lowest BCUT2D eigenvalue weighted by molar-refractivity contribution is -0.0670. The van der Waals surface area contributed by atoms with Crippen LogP contribution in [0.4, 0.5) is 0 Å². The lowest BCUT2D eigenvalue weighted by Gasteiger charge is -2.41. The largest absolute Gasteiger partial charge is 0.490 e. The van der Waals surface area contributed by atoms with Gasteiger partial charge < -0.3 is 117 Å². The van der Waals surface area contributed by atoms with Gasteiger partial charge in [-0.2, -0.15) is 25.9 Å². The molecule has 0 amide bonds. The molecule has 54 nitrogen and oxygen atoms in total. The van der Waals surface area contributed by atoms with E-state index in [1.807, 2.05) is 166 Å². The quantitative estimate of drug-likeness (QED) is 0.0253. The summed E-state index contributed by atoms with van der Waals surface area (Å²) in [6, 6.07) is 0.0865. The third kappa shape index (κ3) is 41.1. The molecule has 0 radical (unpaired) electrons. The van der Waals surface area contributed by atoms with Gasteiger partial charge in [0.05, 0.1) is 51.3 Å². The Morgan fingerprint density at radius 3 is 0.899 bits per heavy atom. The van der Waals surface area contributed by atoms with Gasteiger partial charge in [0.2, 0.25) is 0 Å². The number of phosphoric ester groups is 5. The Balaban J connectivity index is 0.000000284. The van der Waals surface area contributed by atoms with Crippen molar-refractivity contribution < 1.29 is 227 Å². The smallest absolute Gasteiger partial charge is 0.352 e. The van der Waals surface area contributed by atoms with Gasteiger partial charge in [0.25, 0.3) is 0 Å². The van der Waals surface area contributed by atoms with E-state index >= 15 is 0 Å². The Morgan fingerprint density at radius 1 is 0.329 bits per heavy atom. The van der Waals surface area contributed by atoms with E-state index in [9.17, 15) is 117 Å². The number of rotatable bonds is 40. The topological polar surface area (TPSA) is 762 Å². The van der Waals surface area contributed by atoms with Crippen LogP contribution >= 0.6 is 116 Å². The van der Waals surface area contributed by atoms with Crippen LogP contribution in [0, 0.1) is 68.5 Å². The van der Waals surface area contributed by atoms with Crippen LogP contribution in [0.5, 0.6) is 0 Å². The average molecular weight is 2420 g/mol. The maximum Gasteiger partial charge on any atom is 0.490 e. The molecule has 2 aliphatic carbocycles. The molecule has 5 fully saturated rings. The Hall–Kier alpha value is -2.29. The van der Waals surface area contributed by atoms with E-state index in [-0.39, 0.29) is 94.6 Å². The van der Waals surface area contributed by atoms with Gasteiger partial charge in [-0.05, 0) is 146 Å². The molecule has 69 heteroatoms. The second kappa shape index (κ2) is 50.5. The van der Waals surface area contributed by atoms with Crippen molar-refractivity contribution in [2.75, 3.05) is 59.7 Å². The third-order valence-corrected chi connectivity index (χ3v) is 47.3. The van der Waals surface area contributed by atoms with Crippen molar-refractivity contribution in [2.24, 2.45) is 68.5 Å². The molecule has 8 heterocycles. The number of nitrogens with zero attached hydrogens (tertiary/aromatic N) is 5. The standard InChI is InChI=1S/C17H30NO9P3.C16H28NO10P3.C16H30NO10P3.C16H28NO10P3.C15H28NO10P3/c1-12-7-8-18(13(2)9-12)16-10-15(14(3)17(16,4)5)11-25-29(21,22)27-30(23,24)26-28(6,19)20;1-11-7-8-17(12(2)9-11)15-16(4,5)13(3)14(25-15)10-24-29(20,21)27-30(22,23)26-28(6,18)19;1-11-7-8-12(2)17(9-11)15-16(4,5)13(3)14(25-15)10-24-29(20,21)27-30(22,23)26-28(6,18)19;1-11-6-7-17(12(2)8-11)15-9-14(13(3)16(15,4)5)10-25-29(21,22)27-30(23,24)26-28(18,19)20;1-11-8-6-7-9-16(11)14-15(3,4)12(2)13(24-14)10-23-28(19,20)26-29(21,22)25-27(5,17)18/h7-8,14-16H,1-2,9-11H2,3-6H3,(H,19,20)(H,21,22)(H,23,24);7-9,13-15H,2,10H2,1,3-6H3,(H,18,19)(H,20,21)(H,22,23);9,13-15H,2,7-8,10H2,1,3-6H3,(H,18,19)(H,20,21)(H,22,23);6-7,13-15H,1-2,8-10H2,3-5H3,(H,21,22)(H,23,24)(H2,18,19,20);7,9,12-14H,1,6,8,10H2,2-5H3,(H,17,18)(H,19,20)(H,21,22). The van der Waals surface area contributed by atoms with Gasteiger partial charge in [-0.25, -0.2) is 67.5 Å². The lowest BCUT2D eigenvalue weighted by Crippen LogP contribution is -2.42. The van der Waals surface area contributed by atoms with Gasteiger partial charge >= 0.3 is 116 Å². The van der Waals surface area contributed by atoms with Gasteiger partial charge in [-0.15, -0.1) is 0 Å². The highest BCUT2D eigenvalue weighted by atomic mass is 31.3. The van der Waals surface area contributed by atoms with Gasteiger partial charge in [0.1, 0.15) is 18.7 Å². The van der Waals surface area contributed by atoms with Crippen LogP contribution in [-0.4, -0.2) is 212 Å². The maximum absolute atomic E-state index is 12.1. The molecular formula is C80H144N5O49P15. The number of ether oxygens (including phenoxy) is 3. The monoisotopic (exact) mass is 2420 g/mol. The van der Waals surface area contributed by atoms with Crippen molar-refractivity contribution in [2.45, 2.75) is 218 Å². The van der Waals surface area contributed by atoms with Crippen LogP contribution in [0.3, 0.4) is 0 Å². The molecule has 16 N–H and O–H groups in total. The molecular weight excluding hydrogens is 2280 g/mol. The third-order valence-electron chi connectivity index (χ3n) is 26.9. The van der Waals surface area contributed by atoms with E-state index in [1.165, 1.54) is 5.57 Å². The minimum Gasteiger partial charge on any atom is -0.352 e. The molecule has 29 unspecified atom stereocenters. The summed E-state index contributed by atoms with van der Waals surface area (Å²) in [5, 5.41) is 0. The maximum atomic E-state index is 12.1. The minimum atomic E-state index is -5.52. The first-order chi connectivity index (χ1) is 66.8. The zero-order valence-electron chi connectivity index (χ0n) is 86.1. The predicted molar refractivity (Wildman–Crippen MR) is 543 cm³/mol. The zero-order valence-corrected chi connectivity index (χ0v) is 99.6. The first-order valence-electron chi connectivity index (χ1n) is 45.4. The molecule has 0 aromatic rings. The van der Waals surface area contributed by atoms with E-state index in [0.717, 1.165) is 70.9 Å². The molecule has 8 aliphatic heterocycles. The highest BCUT2D eigenvalue weighted by Crippen LogP contribution is 2.73. The lowest BCUT2D eigenvalue weighted by atomic mass is 9.77. The van der Waals surface area contributed by atoms with E-state index in [2.05, 4.69) is 127 Å². The van der Waals surface area contributed by atoms with E-state index < -0.39 is 172 Å². The molecule has 0 bridgehead atoms. The summed E-state index contributed by atoms with van der Waals surface area (Å²) >= 11 is 0. The van der Waals surface area contributed by atoms with Gasteiger partial charge in [-0.1, -0.05) is 162 Å². The Bertz CT molecular complexity index is 5780. The summed E-state index contributed by atoms with van der Waals surface area (Å²) in [5.41, 5.74) is 6.86. The molecule has 858 valence electrons. The molecule has 2 saturated carbocycles. The van der Waals surface area contributed by atoms with Crippen molar-refractivity contribution >= 4 is 116 Å². The second-order valence-electron chi connectivity index (χ2n) is 40.5. The molecule has 29 atom stereocenters. The highest BCUT2D eigenvalue weighted by Gasteiger charge is 2.59. The van der Waals surface area contributed by atoms with Crippen LogP contribution in [0.2, 0.25) is 0 Å². The highest BCUT2D eigenvalue weighted by molar-refractivity contribution is 7.70. The minimum absolute atomic E-state index is 0.0267. The van der Waals surface area contributed by atoms with Gasteiger partial charge in [0, 0.05) is 127 Å². The molecule has 0 aromatic carbocycles. The zero-order chi connectivity index (χ0) is 115. The normalized spacial score (nSPS) is 32.3. The van der Waals surface area contributed by atoms with Gasteiger partial charge in [-0.3, -0.25) is 40.9 Å². The Labute approximate surface area is 867 Å².